The van der Waals surface area contributed by atoms with E-state index in [1.165, 1.54) is 0 Å². The molecule has 1 heterocycles. The molecule has 0 spiro atoms. The van der Waals surface area contributed by atoms with Gasteiger partial charge >= 0.3 is 0 Å². The van der Waals surface area contributed by atoms with E-state index in [4.69, 9.17) is 10.2 Å². The van der Waals surface area contributed by atoms with Gasteiger partial charge in [-0.2, -0.15) is 4.98 Å². The molecular formula is C12H15N3O. The van der Waals surface area contributed by atoms with E-state index in [9.17, 15) is 0 Å². The Morgan fingerprint density at radius 1 is 1.50 bits per heavy atom. The lowest BCUT2D eigenvalue weighted by atomic mass is 10.3. The largest absolute Gasteiger partial charge is 0.423 e. The second kappa shape index (κ2) is 4.70. The molecule has 0 saturated heterocycles. The number of aromatic nitrogens is 1. The Bertz CT molecular complexity index is 502. The minimum absolute atomic E-state index is 0.546. The Hall–Kier alpha value is -1.97. The molecule has 4 heteroatoms. The zero-order chi connectivity index (χ0) is 11.4. The third-order valence-electron chi connectivity index (χ3n) is 2.24. The molecule has 0 atom stereocenters. The Morgan fingerprint density at radius 3 is 3.19 bits per heavy atom. The van der Waals surface area contributed by atoms with Gasteiger partial charge in [0, 0.05) is 18.3 Å². The van der Waals surface area contributed by atoms with E-state index in [1.807, 2.05) is 25.1 Å². The number of fused-ring (bicyclic) bond motifs is 1. The van der Waals surface area contributed by atoms with Crippen molar-refractivity contribution in [1.29, 1.82) is 0 Å². The normalized spacial score (nSPS) is 11.3. The van der Waals surface area contributed by atoms with Crippen molar-refractivity contribution in [1.82, 2.24) is 4.98 Å². The lowest BCUT2D eigenvalue weighted by Crippen LogP contribution is -1.99. The molecule has 1 aromatic carbocycles. The van der Waals surface area contributed by atoms with Crippen LogP contribution in [0.15, 0.2) is 34.8 Å². The third kappa shape index (κ3) is 2.34. The van der Waals surface area contributed by atoms with E-state index >= 15 is 0 Å². The summed E-state index contributed by atoms with van der Waals surface area (Å²) in [6.45, 7) is 2.81. The molecular weight excluding hydrogens is 202 g/mol. The number of rotatable bonds is 4. The first-order valence-corrected chi connectivity index (χ1v) is 5.30. The predicted molar refractivity (Wildman–Crippen MR) is 66.3 cm³/mol. The van der Waals surface area contributed by atoms with Crippen LogP contribution in [-0.2, 0) is 0 Å². The lowest BCUT2D eigenvalue weighted by molar-refractivity contribution is 0.615. The fourth-order valence-corrected chi connectivity index (χ4v) is 1.45. The summed E-state index contributed by atoms with van der Waals surface area (Å²) in [5, 5.41) is 3.12. The van der Waals surface area contributed by atoms with Gasteiger partial charge in [-0.05, 0) is 25.5 Å². The van der Waals surface area contributed by atoms with Gasteiger partial charge in [-0.1, -0.05) is 12.2 Å². The first kappa shape index (κ1) is 10.5. The van der Waals surface area contributed by atoms with Crippen molar-refractivity contribution in [3.05, 3.63) is 30.4 Å². The van der Waals surface area contributed by atoms with Gasteiger partial charge in [-0.15, -0.1) is 0 Å². The van der Waals surface area contributed by atoms with E-state index in [-0.39, 0.29) is 0 Å². The first-order chi connectivity index (χ1) is 7.79. The molecule has 0 saturated carbocycles. The highest BCUT2D eigenvalue weighted by Gasteiger charge is 2.04. The van der Waals surface area contributed by atoms with Crippen molar-refractivity contribution < 1.29 is 4.42 Å². The van der Waals surface area contributed by atoms with Crippen LogP contribution < -0.4 is 11.1 Å². The standard InChI is InChI=1S/C12H15N3O/c1-2-3-4-7-14-12-15-10-6-5-9(13)8-11(10)16-12/h2-3,5-6,8H,4,7,13H2,1H3,(H,14,15)/b3-2+. The van der Waals surface area contributed by atoms with Crippen molar-refractivity contribution in [3.8, 4) is 0 Å². The number of oxazole rings is 1. The number of allylic oxidation sites excluding steroid dienone is 1. The van der Waals surface area contributed by atoms with Crippen molar-refractivity contribution >= 4 is 22.8 Å². The van der Waals surface area contributed by atoms with Crippen LogP contribution in [0.3, 0.4) is 0 Å². The zero-order valence-electron chi connectivity index (χ0n) is 9.23. The number of anilines is 2. The summed E-state index contributed by atoms with van der Waals surface area (Å²) in [6, 6.07) is 5.99. The molecule has 0 fully saturated rings. The molecule has 4 nitrogen and oxygen atoms in total. The zero-order valence-corrected chi connectivity index (χ0v) is 9.23. The lowest BCUT2D eigenvalue weighted by Gasteiger charge is -1.96. The smallest absolute Gasteiger partial charge is 0.295 e. The molecule has 1 aromatic heterocycles. The highest BCUT2D eigenvalue weighted by molar-refractivity contribution is 5.77. The number of nitrogens with one attached hydrogen (secondary N) is 1. The maximum absolute atomic E-state index is 5.66. The van der Waals surface area contributed by atoms with Crippen molar-refractivity contribution in [2.24, 2.45) is 0 Å². The Kier molecular flexibility index (Phi) is 3.10. The molecule has 84 valence electrons. The van der Waals surface area contributed by atoms with Crippen LogP contribution in [-0.4, -0.2) is 11.5 Å². The number of hydrogen-bond acceptors (Lipinski definition) is 4. The molecule has 0 aliphatic heterocycles. The molecule has 2 rings (SSSR count). The van der Waals surface area contributed by atoms with E-state index in [0.717, 1.165) is 18.5 Å². The summed E-state index contributed by atoms with van der Waals surface area (Å²) in [5.41, 5.74) is 7.88. The fraction of sp³-hybridized carbons (Fsp3) is 0.250. The van der Waals surface area contributed by atoms with Crippen molar-refractivity contribution in [2.75, 3.05) is 17.6 Å². The van der Waals surface area contributed by atoms with Gasteiger partial charge < -0.3 is 15.5 Å². The van der Waals surface area contributed by atoms with Gasteiger partial charge in [-0.25, -0.2) is 0 Å². The topological polar surface area (TPSA) is 64.1 Å². The van der Waals surface area contributed by atoms with Crippen LogP contribution in [0.4, 0.5) is 11.7 Å². The second-order valence-corrected chi connectivity index (χ2v) is 3.53. The van der Waals surface area contributed by atoms with Crippen LogP contribution in [0.5, 0.6) is 0 Å². The molecule has 0 radical (unpaired) electrons. The maximum atomic E-state index is 5.66. The molecule has 2 aromatic rings. The van der Waals surface area contributed by atoms with Gasteiger partial charge in [0.15, 0.2) is 5.58 Å². The molecule has 0 aliphatic carbocycles. The fourth-order valence-electron chi connectivity index (χ4n) is 1.45. The summed E-state index contributed by atoms with van der Waals surface area (Å²) >= 11 is 0. The number of hydrogen-bond donors (Lipinski definition) is 2. The van der Waals surface area contributed by atoms with Crippen LogP contribution in [0.25, 0.3) is 11.1 Å². The van der Waals surface area contributed by atoms with Crippen molar-refractivity contribution in [2.45, 2.75) is 13.3 Å². The average Bonchev–Trinajstić information content (AvgIpc) is 2.66. The van der Waals surface area contributed by atoms with Crippen molar-refractivity contribution in [3.63, 3.8) is 0 Å². The molecule has 0 aliphatic rings. The maximum Gasteiger partial charge on any atom is 0.295 e. The molecule has 0 unspecified atom stereocenters. The monoisotopic (exact) mass is 217 g/mol. The quantitative estimate of drug-likeness (QED) is 0.469. The Morgan fingerprint density at radius 2 is 2.38 bits per heavy atom. The third-order valence-corrected chi connectivity index (χ3v) is 2.24. The first-order valence-electron chi connectivity index (χ1n) is 5.30. The highest BCUT2D eigenvalue weighted by atomic mass is 16.4. The number of nitrogens with zero attached hydrogens (tertiary/aromatic N) is 1. The minimum atomic E-state index is 0.546. The molecule has 3 N–H and O–H groups in total. The average molecular weight is 217 g/mol. The van der Waals surface area contributed by atoms with Crippen LogP contribution in [0, 0.1) is 0 Å². The van der Waals surface area contributed by atoms with Gasteiger partial charge in [0.2, 0.25) is 0 Å². The van der Waals surface area contributed by atoms with E-state index in [1.54, 1.807) is 6.07 Å². The van der Waals surface area contributed by atoms with E-state index in [0.29, 0.717) is 17.3 Å². The number of nitrogen functional groups attached to an aromatic ring is 1. The second-order valence-electron chi connectivity index (χ2n) is 3.53. The van der Waals surface area contributed by atoms with Gasteiger partial charge in [0.1, 0.15) is 5.52 Å². The number of nitrogens with two attached hydrogens (primary N) is 1. The summed E-state index contributed by atoms with van der Waals surface area (Å²) in [4.78, 5) is 4.29. The summed E-state index contributed by atoms with van der Waals surface area (Å²) in [7, 11) is 0. The molecule has 0 amide bonds. The summed E-state index contributed by atoms with van der Waals surface area (Å²) in [5.74, 6) is 0. The van der Waals surface area contributed by atoms with E-state index < -0.39 is 0 Å². The molecule has 0 bridgehead atoms. The van der Waals surface area contributed by atoms with Crippen LogP contribution in [0.1, 0.15) is 13.3 Å². The Balaban J connectivity index is 2.08. The predicted octanol–water partition coefficient (Wildman–Crippen LogP) is 2.79. The highest BCUT2D eigenvalue weighted by Crippen LogP contribution is 2.20. The van der Waals surface area contributed by atoms with Gasteiger partial charge in [0.05, 0.1) is 0 Å². The van der Waals surface area contributed by atoms with Gasteiger partial charge in [0.25, 0.3) is 6.01 Å². The Labute approximate surface area is 94.2 Å². The SMILES string of the molecule is C/C=C/CCNc1nc2ccc(N)cc2o1. The van der Waals surface area contributed by atoms with Crippen LogP contribution >= 0.6 is 0 Å². The number of benzene rings is 1. The van der Waals surface area contributed by atoms with Gasteiger partial charge in [-0.3, -0.25) is 0 Å². The van der Waals surface area contributed by atoms with E-state index in [2.05, 4.69) is 16.4 Å². The minimum Gasteiger partial charge on any atom is -0.423 e. The summed E-state index contributed by atoms with van der Waals surface area (Å²) in [6.07, 6.45) is 5.07. The molecule has 16 heavy (non-hydrogen) atoms. The van der Waals surface area contributed by atoms with Crippen LogP contribution in [0.2, 0.25) is 0 Å². The summed E-state index contributed by atoms with van der Waals surface area (Å²) < 4.78 is 5.50.